The lowest BCUT2D eigenvalue weighted by molar-refractivity contribution is 0.0808. The lowest BCUT2D eigenvalue weighted by Crippen LogP contribution is -2.55. The summed E-state index contributed by atoms with van der Waals surface area (Å²) in [6, 6.07) is 12.4. The maximum atomic E-state index is 13.1. The second-order valence-corrected chi connectivity index (χ2v) is 11.2. The fourth-order valence-electron chi connectivity index (χ4n) is 4.31. The van der Waals surface area contributed by atoms with Crippen molar-refractivity contribution in [2.45, 2.75) is 42.9 Å². The molecule has 26 heavy (non-hydrogen) atoms. The van der Waals surface area contributed by atoms with E-state index in [9.17, 15) is 8.42 Å². The maximum absolute atomic E-state index is 13.1. The fourth-order valence-corrected chi connectivity index (χ4v) is 7.20. The minimum atomic E-state index is -3.41. The Morgan fingerprint density at radius 2 is 1.92 bits per heavy atom. The molecule has 2 aromatic rings. The van der Waals surface area contributed by atoms with Crippen LogP contribution in [0.3, 0.4) is 0 Å². The first-order chi connectivity index (χ1) is 12.3. The number of hydrogen-bond donors (Lipinski definition) is 0. The molecule has 0 saturated carbocycles. The zero-order chi connectivity index (χ0) is 18.5. The van der Waals surface area contributed by atoms with Gasteiger partial charge < -0.3 is 0 Å². The van der Waals surface area contributed by atoms with E-state index >= 15 is 0 Å². The van der Waals surface area contributed by atoms with Gasteiger partial charge in [0.25, 0.3) is 10.0 Å². The number of rotatable bonds is 3. The highest BCUT2D eigenvalue weighted by Crippen LogP contribution is 2.42. The Kier molecular flexibility index (Phi) is 4.50. The molecule has 0 spiro atoms. The van der Waals surface area contributed by atoms with Gasteiger partial charge in [0.05, 0.1) is 0 Å². The summed E-state index contributed by atoms with van der Waals surface area (Å²) in [5.41, 5.74) is 2.73. The zero-order valence-electron chi connectivity index (χ0n) is 15.6. The van der Waals surface area contributed by atoms with Crippen LogP contribution in [0.15, 0.2) is 40.6 Å². The molecular weight excluding hydrogens is 364 g/mol. The highest BCUT2D eigenvalue weighted by Gasteiger charge is 2.42. The van der Waals surface area contributed by atoms with Gasteiger partial charge in [-0.2, -0.15) is 4.31 Å². The van der Waals surface area contributed by atoms with Crippen molar-refractivity contribution < 1.29 is 8.42 Å². The highest BCUT2D eigenvalue weighted by molar-refractivity contribution is 7.91. The molecule has 1 atom stereocenters. The molecule has 1 saturated heterocycles. The summed E-state index contributed by atoms with van der Waals surface area (Å²) in [4.78, 5) is 3.58. The van der Waals surface area contributed by atoms with E-state index in [4.69, 9.17) is 0 Å². The van der Waals surface area contributed by atoms with Crippen LogP contribution in [0.2, 0.25) is 0 Å². The number of piperazine rings is 1. The first kappa shape index (κ1) is 18.2. The van der Waals surface area contributed by atoms with Gasteiger partial charge in [0.1, 0.15) is 4.21 Å². The molecule has 4 nitrogen and oxygen atoms in total. The minimum absolute atomic E-state index is 0.0952. The van der Waals surface area contributed by atoms with Crippen LogP contribution < -0.4 is 0 Å². The average Bonchev–Trinajstić information content (AvgIpc) is 3.11. The molecule has 1 aromatic carbocycles. The van der Waals surface area contributed by atoms with E-state index in [1.165, 1.54) is 22.5 Å². The van der Waals surface area contributed by atoms with Crippen LogP contribution in [-0.2, 0) is 21.9 Å². The molecule has 6 heteroatoms. The Hall–Kier alpha value is -1.21. The second kappa shape index (κ2) is 6.44. The third-order valence-electron chi connectivity index (χ3n) is 5.68. The predicted molar refractivity (Wildman–Crippen MR) is 106 cm³/mol. The van der Waals surface area contributed by atoms with Gasteiger partial charge in [-0.15, -0.1) is 11.3 Å². The SMILES string of the molecule is CCc1ccc(S(=O)(=O)N2CCN3CC(C)(C)c4ccccc4C3C2)s1. The largest absolute Gasteiger partial charge is 0.293 e. The highest BCUT2D eigenvalue weighted by atomic mass is 32.2. The van der Waals surface area contributed by atoms with E-state index in [2.05, 4.69) is 49.9 Å². The molecule has 0 N–H and O–H groups in total. The number of sulfonamides is 1. The molecule has 140 valence electrons. The number of benzene rings is 1. The van der Waals surface area contributed by atoms with Gasteiger partial charge in [-0.3, -0.25) is 4.90 Å². The van der Waals surface area contributed by atoms with Crippen LogP contribution in [-0.4, -0.2) is 43.8 Å². The van der Waals surface area contributed by atoms with E-state index in [1.807, 2.05) is 6.07 Å². The van der Waals surface area contributed by atoms with Gasteiger partial charge in [0.2, 0.25) is 0 Å². The Labute approximate surface area is 160 Å². The summed E-state index contributed by atoms with van der Waals surface area (Å²) in [5, 5.41) is 0. The Morgan fingerprint density at radius 1 is 1.15 bits per heavy atom. The number of fused-ring (bicyclic) bond motifs is 3. The molecule has 4 rings (SSSR count). The van der Waals surface area contributed by atoms with Crippen molar-refractivity contribution >= 4 is 21.4 Å². The molecule has 0 aliphatic carbocycles. The maximum Gasteiger partial charge on any atom is 0.252 e. The van der Waals surface area contributed by atoms with Crippen LogP contribution in [0.1, 0.15) is 42.8 Å². The first-order valence-electron chi connectivity index (χ1n) is 9.25. The van der Waals surface area contributed by atoms with E-state index in [0.29, 0.717) is 17.3 Å². The molecule has 1 unspecified atom stereocenters. The third kappa shape index (κ3) is 2.93. The Bertz CT molecular complexity index is 917. The smallest absolute Gasteiger partial charge is 0.252 e. The topological polar surface area (TPSA) is 40.6 Å². The van der Waals surface area contributed by atoms with Crippen molar-refractivity contribution in [3.05, 3.63) is 52.4 Å². The molecule has 0 bridgehead atoms. The van der Waals surface area contributed by atoms with Gasteiger partial charge in [-0.1, -0.05) is 45.0 Å². The van der Waals surface area contributed by atoms with Crippen LogP contribution in [0.5, 0.6) is 0 Å². The molecule has 2 aliphatic heterocycles. The summed E-state index contributed by atoms with van der Waals surface area (Å²) < 4.78 is 28.5. The van der Waals surface area contributed by atoms with Crippen LogP contribution in [0, 0.1) is 0 Å². The summed E-state index contributed by atoms with van der Waals surface area (Å²) in [7, 11) is -3.41. The zero-order valence-corrected chi connectivity index (χ0v) is 17.2. The van der Waals surface area contributed by atoms with E-state index < -0.39 is 10.0 Å². The third-order valence-corrected chi connectivity index (χ3v) is 9.24. The summed E-state index contributed by atoms with van der Waals surface area (Å²) >= 11 is 1.40. The first-order valence-corrected chi connectivity index (χ1v) is 11.5. The lowest BCUT2D eigenvalue weighted by atomic mass is 9.75. The Balaban J connectivity index is 1.66. The predicted octanol–water partition coefficient (Wildman–Crippen LogP) is 3.65. The van der Waals surface area contributed by atoms with Crippen molar-refractivity contribution in [2.75, 3.05) is 26.2 Å². The van der Waals surface area contributed by atoms with Gasteiger partial charge in [0, 0.05) is 42.5 Å². The van der Waals surface area contributed by atoms with Crippen LogP contribution >= 0.6 is 11.3 Å². The molecule has 3 heterocycles. The normalized spacial score (nSPS) is 23.4. The van der Waals surface area contributed by atoms with Crippen molar-refractivity contribution in [1.29, 1.82) is 0 Å². The van der Waals surface area contributed by atoms with Crippen molar-refractivity contribution in [1.82, 2.24) is 9.21 Å². The summed E-state index contributed by atoms with van der Waals surface area (Å²) in [6.45, 7) is 9.48. The van der Waals surface area contributed by atoms with Crippen molar-refractivity contribution in [3.63, 3.8) is 0 Å². The summed E-state index contributed by atoms with van der Waals surface area (Å²) in [6.07, 6.45) is 0.874. The van der Waals surface area contributed by atoms with E-state index in [0.717, 1.165) is 24.4 Å². The standard InChI is InChI=1S/C20H26N2O2S2/c1-4-15-9-10-19(25-15)26(23,24)22-12-11-21-14-20(2,3)17-8-6-5-7-16(17)18(21)13-22/h5-10,18H,4,11-14H2,1-3H3. The lowest BCUT2D eigenvalue weighted by Gasteiger charge is -2.49. The number of aryl methyl sites for hydroxylation is 1. The average molecular weight is 391 g/mol. The molecular formula is C20H26N2O2S2. The molecule has 1 aromatic heterocycles. The monoisotopic (exact) mass is 390 g/mol. The molecule has 1 fully saturated rings. The Morgan fingerprint density at radius 3 is 2.65 bits per heavy atom. The van der Waals surface area contributed by atoms with E-state index in [1.54, 1.807) is 10.4 Å². The van der Waals surface area contributed by atoms with Crippen LogP contribution in [0.4, 0.5) is 0 Å². The van der Waals surface area contributed by atoms with Crippen molar-refractivity contribution in [2.24, 2.45) is 0 Å². The van der Waals surface area contributed by atoms with Crippen molar-refractivity contribution in [3.8, 4) is 0 Å². The number of hydrogen-bond acceptors (Lipinski definition) is 4. The number of thiophene rings is 1. The second-order valence-electron chi connectivity index (χ2n) is 7.89. The quantitative estimate of drug-likeness (QED) is 0.803. The summed E-state index contributed by atoms with van der Waals surface area (Å²) in [5.74, 6) is 0. The fraction of sp³-hybridized carbons (Fsp3) is 0.500. The van der Waals surface area contributed by atoms with E-state index in [-0.39, 0.29) is 11.5 Å². The van der Waals surface area contributed by atoms with Gasteiger partial charge in [-0.05, 0) is 29.7 Å². The van der Waals surface area contributed by atoms with Gasteiger partial charge in [0.15, 0.2) is 0 Å². The molecule has 2 aliphatic rings. The van der Waals surface area contributed by atoms with Gasteiger partial charge in [-0.25, -0.2) is 8.42 Å². The number of nitrogens with zero attached hydrogens (tertiary/aromatic N) is 2. The van der Waals surface area contributed by atoms with Crippen LogP contribution in [0.25, 0.3) is 0 Å². The molecule has 0 radical (unpaired) electrons. The van der Waals surface area contributed by atoms with Gasteiger partial charge >= 0.3 is 0 Å². The minimum Gasteiger partial charge on any atom is -0.293 e. The molecule has 0 amide bonds.